The number of esters is 1. The number of aliphatic hydroxyl groups is 1. The Morgan fingerprint density at radius 1 is 0.933 bits per heavy atom. The third-order valence-electron chi connectivity index (χ3n) is 3.58. The standard InChI is InChI=1S/C10H11NO2S.C8H7NO2S.CH4O.Na.H2O/c1-3-13-10(12)8-5-9-7(11-8)4-6(2)14-9;1-4-2-5-7(12-4)3-6(9-5)8(10)11;1-2;;/h4-5,11H,3H2,1-2H3;2-3,9H,1H3,(H,10,11);2H,1H3;;1H2/q;;;+1;/p-1. The molecule has 4 aromatic heterocycles. The summed E-state index contributed by atoms with van der Waals surface area (Å²) in [7, 11) is 1.00. The fourth-order valence-corrected chi connectivity index (χ4v) is 4.37. The first-order valence-corrected chi connectivity index (χ1v) is 10.0. The molecule has 0 amide bonds. The maximum atomic E-state index is 11.3. The molecule has 0 aliphatic heterocycles. The number of carboxylic acid groups (broad SMARTS) is 1. The van der Waals surface area contributed by atoms with E-state index in [9.17, 15) is 9.59 Å². The average molecular weight is 463 g/mol. The number of carboxylic acids is 1. The Morgan fingerprint density at radius 3 is 1.77 bits per heavy atom. The van der Waals surface area contributed by atoms with Gasteiger partial charge in [-0.05, 0) is 45.0 Å². The van der Waals surface area contributed by atoms with Crippen LogP contribution in [-0.4, -0.2) is 51.3 Å². The number of aromatic nitrogens is 2. The maximum absolute atomic E-state index is 11.3. The molecule has 11 heteroatoms. The van der Waals surface area contributed by atoms with Crippen LogP contribution < -0.4 is 29.6 Å². The number of thiophene rings is 2. The Kier molecular flexibility index (Phi) is 12.2. The van der Waals surface area contributed by atoms with Gasteiger partial charge in [-0.25, -0.2) is 9.59 Å². The Balaban J connectivity index is 0.000000492. The third kappa shape index (κ3) is 6.95. The summed E-state index contributed by atoms with van der Waals surface area (Å²) in [6.45, 7) is 6.25. The van der Waals surface area contributed by atoms with E-state index in [1.54, 1.807) is 35.7 Å². The van der Waals surface area contributed by atoms with Gasteiger partial charge in [-0.1, -0.05) is 0 Å². The molecule has 0 unspecified atom stereocenters. The van der Waals surface area contributed by atoms with Crippen LogP contribution in [0.25, 0.3) is 20.4 Å². The van der Waals surface area contributed by atoms with Gasteiger partial charge in [0.15, 0.2) is 0 Å². The fraction of sp³-hybridized carbons (Fsp3) is 0.263. The molecular weight excluding hydrogens is 439 g/mol. The van der Waals surface area contributed by atoms with Gasteiger partial charge in [0, 0.05) is 16.9 Å². The molecule has 0 aliphatic carbocycles. The quantitative estimate of drug-likeness (QED) is 0.267. The van der Waals surface area contributed by atoms with E-state index in [1.807, 2.05) is 32.0 Å². The van der Waals surface area contributed by atoms with Gasteiger partial charge in [-0.3, -0.25) is 0 Å². The molecule has 0 atom stereocenters. The summed E-state index contributed by atoms with van der Waals surface area (Å²) in [5.41, 5.74) is 2.72. The van der Waals surface area contributed by atoms with E-state index < -0.39 is 5.97 Å². The second-order valence-electron chi connectivity index (χ2n) is 5.66. The van der Waals surface area contributed by atoms with Gasteiger partial charge in [0.2, 0.25) is 0 Å². The SMILES string of the molecule is CCOC(=O)c1cc2sc(C)cc2[nH]1.CO.Cc1cc2[nH]c(C(=O)O)cc2s1.[Na+].[OH-]. The molecular formula is C19H23N2NaO6S2. The smallest absolute Gasteiger partial charge is 0.870 e. The molecule has 0 bridgehead atoms. The predicted molar refractivity (Wildman–Crippen MR) is 115 cm³/mol. The number of nitrogens with one attached hydrogen (secondary N) is 2. The maximum Gasteiger partial charge on any atom is 1.00 e. The van der Waals surface area contributed by atoms with Gasteiger partial charge < -0.3 is 30.4 Å². The van der Waals surface area contributed by atoms with Crippen LogP contribution in [0.1, 0.15) is 37.7 Å². The van der Waals surface area contributed by atoms with Crippen molar-refractivity contribution in [2.24, 2.45) is 0 Å². The second kappa shape index (κ2) is 12.9. The zero-order valence-corrected chi connectivity index (χ0v) is 21.0. The molecule has 4 heterocycles. The van der Waals surface area contributed by atoms with E-state index >= 15 is 0 Å². The Bertz CT molecular complexity index is 1030. The minimum absolute atomic E-state index is 0. The normalized spacial score (nSPS) is 9.50. The number of carbonyl (C=O) groups excluding carboxylic acids is 1. The molecule has 5 N–H and O–H groups in total. The molecule has 0 aliphatic rings. The van der Waals surface area contributed by atoms with Crippen molar-refractivity contribution in [3.63, 3.8) is 0 Å². The van der Waals surface area contributed by atoms with Crippen LogP contribution in [0.5, 0.6) is 0 Å². The molecule has 4 rings (SSSR count). The van der Waals surface area contributed by atoms with Crippen LogP contribution >= 0.6 is 22.7 Å². The van der Waals surface area contributed by atoms with Crippen LogP contribution in [-0.2, 0) is 4.74 Å². The van der Waals surface area contributed by atoms with E-state index in [4.69, 9.17) is 14.9 Å². The van der Waals surface area contributed by atoms with Crippen molar-refractivity contribution in [3.8, 4) is 0 Å². The fourth-order valence-electron chi connectivity index (χ4n) is 2.53. The number of rotatable bonds is 3. The zero-order chi connectivity index (χ0) is 20.8. The molecule has 0 spiro atoms. The average Bonchev–Trinajstić information content (AvgIpc) is 3.36. The van der Waals surface area contributed by atoms with Gasteiger partial charge in [0.05, 0.1) is 27.0 Å². The molecule has 0 aromatic carbocycles. The molecule has 4 aromatic rings. The third-order valence-corrected chi connectivity index (χ3v) is 5.58. The van der Waals surface area contributed by atoms with Crippen LogP contribution in [0.4, 0.5) is 0 Å². The topological polar surface area (TPSA) is 145 Å². The van der Waals surface area contributed by atoms with Crippen molar-refractivity contribution in [2.75, 3.05) is 13.7 Å². The largest absolute Gasteiger partial charge is 1.00 e. The van der Waals surface area contributed by atoms with Crippen LogP contribution in [0, 0.1) is 13.8 Å². The van der Waals surface area contributed by atoms with Gasteiger partial charge in [0.25, 0.3) is 0 Å². The minimum atomic E-state index is -0.906. The van der Waals surface area contributed by atoms with Gasteiger partial charge in [-0.2, -0.15) is 0 Å². The van der Waals surface area contributed by atoms with Crippen molar-refractivity contribution in [1.82, 2.24) is 9.97 Å². The summed E-state index contributed by atoms with van der Waals surface area (Å²) in [4.78, 5) is 30.2. The first kappa shape index (κ1) is 28.3. The number of hydrogen-bond acceptors (Lipinski definition) is 7. The summed E-state index contributed by atoms with van der Waals surface area (Å²) in [6.07, 6.45) is 0. The Labute approximate surface area is 203 Å². The molecule has 158 valence electrons. The number of fused-ring (bicyclic) bond motifs is 2. The first-order valence-electron chi connectivity index (χ1n) is 8.40. The van der Waals surface area contributed by atoms with Crippen molar-refractivity contribution >= 4 is 55.0 Å². The van der Waals surface area contributed by atoms with E-state index in [0.717, 1.165) is 27.5 Å². The van der Waals surface area contributed by atoms with Crippen molar-refractivity contribution < 1.29 is 59.6 Å². The second-order valence-corrected chi connectivity index (χ2v) is 8.24. The number of ether oxygens (including phenoxy) is 1. The van der Waals surface area contributed by atoms with Crippen molar-refractivity contribution in [1.29, 1.82) is 0 Å². The molecule has 0 radical (unpaired) electrons. The van der Waals surface area contributed by atoms with E-state index in [-0.39, 0.29) is 46.7 Å². The summed E-state index contributed by atoms with van der Waals surface area (Å²) < 4.78 is 7.00. The summed E-state index contributed by atoms with van der Waals surface area (Å²) in [5, 5.41) is 15.6. The molecule has 30 heavy (non-hydrogen) atoms. The van der Waals surface area contributed by atoms with Gasteiger partial charge in [-0.15, -0.1) is 22.7 Å². The van der Waals surface area contributed by atoms with E-state index in [2.05, 4.69) is 9.97 Å². The molecule has 8 nitrogen and oxygen atoms in total. The monoisotopic (exact) mass is 462 g/mol. The summed E-state index contributed by atoms with van der Waals surface area (Å²) in [6, 6.07) is 7.48. The molecule has 0 saturated heterocycles. The summed E-state index contributed by atoms with van der Waals surface area (Å²) in [5.74, 6) is -1.19. The number of aromatic amines is 2. The van der Waals surface area contributed by atoms with Gasteiger partial charge >= 0.3 is 41.5 Å². The van der Waals surface area contributed by atoms with Crippen molar-refractivity contribution in [2.45, 2.75) is 20.8 Å². The number of aryl methyl sites for hydroxylation is 2. The first-order chi connectivity index (χ1) is 13.4. The minimum Gasteiger partial charge on any atom is -0.870 e. The number of hydrogen-bond donors (Lipinski definition) is 4. The van der Waals surface area contributed by atoms with Gasteiger partial charge in [0.1, 0.15) is 11.4 Å². The number of carbonyl (C=O) groups is 2. The van der Waals surface area contributed by atoms with Crippen LogP contribution in [0.3, 0.4) is 0 Å². The Morgan fingerprint density at radius 2 is 1.37 bits per heavy atom. The zero-order valence-electron chi connectivity index (χ0n) is 17.4. The molecule has 0 fully saturated rings. The number of H-pyrrole nitrogens is 2. The Hall–Kier alpha value is -1.66. The van der Waals surface area contributed by atoms with Crippen LogP contribution in [0.2, 0.25) is 0 Å². The number of aliphatic hydroxyl groups excluding tert-OH is 1. The van der Waals surface area contributed by atoms with Crippen molar-refractivity contribution in [3.05, 3.63) is 45.4 Å². The molecule has 0 saturated carbocycles. The van der Waals surface area contributed by atoms with E-state index in [0.29, 0.717) is 12.3 Å². The summed E-state index contributed by atoms with van der Waals surface area (Å²) >= 11 is 3.27. The van der Waals surface area contributed by atoms with Crippen LogP contribution in [0.15, 0.2) is 24.3 Å². The van der Waals surface area contributed by atoms with E-state index in [1.165, 1.54) is 9.75 Å². The number of aromatic carboxylic acids is 1. The predicted octanol–water partition coefficient (Wildman–Crippen LogP) is 1.39.